The number of furan rings is 1. The Morgan fingerprint density at radius 2 is 1.94 bits per heavy atom. The number of fused-ring (bicyclic) bond motifs is 1. The van der Waals surface area contributed by atoms with Crippen molar-refractivity contribution in [2.45, 2.75) is 0 Å². The van der Waals surface area contributed by atoms with Crippen molar-refractivity contribution < 1.29 is 4.42 Å². The third-order valence-corrected chi connectivity index (χ3v) is 2.44. The summed E-state index contributed by atoms with van der Waals surface area (Å²) in [4.78, 5) is 11.6. The number of hydrogen-bond acceptors (Lipinski definition) is 5. The molecule has 0 spiro atoms. The predicted octanol–water partition coefficient (Wildman–Crippen LogP) is 2.52. The van der Waals surface area contributed by atoms with E-state index in [2.05, 4.69) is 15.0 Å². The molecule has 3 aromatic rings. The molecule has 0 bridgehead atoms. The van der Waals surface area contributed by atoms with Gasteiger partial charge in [-0.15, -0.1) is 0 Å². The predicted molar refractivity (Wildman–Crippen MR) is 64.5 cm³/mol. The van der Waals surface area contributed by atoms with Crippen molar-refractivity contribution in [3.8, 4) is 11.6 Å². The van der Waals surface area contributed by atoms with Crippen molar-refractivity contribution in [1.82, 2.24) is 15.0 Å². The van der Waals surface area contributed by atoms with E-state index >= 15 is 0 Å². The molecule has 2 aromatic heterocycles. The summed E-state index contributed by atoms with van der Waals surface area (Å²) < 4.78 is 5.60. The van der Waals surface area contributed by atoms with Crippen LogP contribution in [0.1, 0.15) is 0 Å². The fraction of sp³-hybridized carbons (Fsp3) is 0. The second kappa shape index (κ2) is 3.71. The highest BCUT2D eigenvalue weighted by molar-refractivity contribution is 6.28. The lowest BCUT2D eigenvalue weighted by molar-refractivity contribution is 0.624. The summed E-state index contributed by atoms with van der Waals surface area (Å²) in [5.74, 6) is 0.918. The maximum atomic E-state index is 5.71. The minimum atomic E-state index is 0.0490. The standard InChI is InChI=1S/C11H7ClN4O/c12-10-14-9(15-11(13)16-10)8-5-6-3-1-2-4-7(6)17-8/h1-5H,(H2,13,14,15,16). The third-order valence-electron chi connectivity index (χ3n) is 2.27. The molecule has 0 aliphatic carbocycles. The fourth-order valence-corrected chi connectivity index (χ4v) is 1.73. The number of aromatic nitrogens is 3. The van der Waals surface area contributed by atoms with E-state index in [4.69, 9.17) is 21.8 Å². The molecule has 0 saturated carbocycles. The lowest BCUT2D eigenvalue weighted by Crippen LogP contribution is -1.99. The first-order chi connectivity index (χ1) is 8.22. The minimum Gasteiger partial charge on any atom is -0.453 e. The van der Waals surface area contributed by atoms with Crippen LogP contribution >= 0.6 is 11.6 Å². The molecule has 0 saturated heterocycles. The molecule has 1 aromatic carbocycles. The molecule has 0 unspecified atom stereocenters. The van der Waals surface area contributed by atoms with Crippen molar-refractivity contribution in [3.63, 3.8) is 0 Å². The Bertz CT molecular complexity index is 642. The van der Waals surface area contributed by atoms with E-state index < -0.39 is 0 Å². The number of nitrogen functional groups attached to an aromatic ring is 1. The van der Waals surface area contributed by atoms with Crippen LogP contribution in [0.3, 0.4) is 0 Å². The van der Waals surface area contributed by atoms with Gasteiger partial charge in [-0.3, -0.25) is 0 Å². The molecule has 0 radical (unpaired) electrons. The van der Waals surface area contributed by atoms with E-state index in [0.29, 0.717) is 11.6 Å². The van der Waals surface area contributed by atoms with Gasteiger partial charge in [-0.25, -0.2) is 0 Å². The van der Waals surface area contributed by atoms with Crippen molar-refractivity contribution in [1.29, 1.82) is 0 Å². The van der Waals surface area contributed by atoms with E-state index in [1.165, 1.54) is 0 Å². The van der Waals surface area contributed by atoms with Gasteiger partial charge in [0.1, 0.15) is 5.58 Å². The molecule has 2 heterocycles. The number of rotatable bonds is 1. The van der Waals surface area contributed by atoms with Crippen LogP contribution in [0, 0.1) is 0 Å². The quantitative estimate of drug-likeness (QED) is 0.714. The maximum absolute atomic E-state index is 5.71. The molecule has 0 atom stereocenters. The van der Waals surface area contributed by atoms with Gasteiger partial charge in [-0.05, 0) is 23.7 Å². The summed E-state index contributed by atoms with van der Waals surface area (Å²) in [5.41, 5.74) is 6.26. The zero-order valence-corrected chi connectivity index (χ0v) is 9.35. The summed E-state index contributed by atoms with van der Waals surface area (Å²) in [7, 11) is 0. The summed E-state index contributed by atoms with van der Waals surface area (Å²) >= 11 is 5.71. The highest BCUT2D eigenvalue weighted by atomic mass is 35.5. The second-order valence-corrected chi connectivity index (χ2v) is 3.77. The number of benzene rings is 1. The van der Waals surface area contributed by atoms with Gasteiger partial charge in [-0.2, -0.15) is 15.0 Å². The molecule has 84 valence electrons. The topological polar surface area (TPSA) is 77.8 Å². The van der Waals surface area contributed by atoms with Crippen LogP contribution in [0.25, 0.3) is 22.6 Å². The lowest BCUT2D eigenvalue weighted by atomic mass is 10.2. The number of halogens is 1. The van der Waals surface area contributed by atoms with E-state index in [9.17, 15) is 0 Å². The Morgan fingerprint density at radius 3 is 2.71 bits per heavy atom. The van der Waals surface area contributed by atoms with Gasteiger partial charge >= 0.3 is 0 Å². The number of nitrogens with two attached hydrogens (primary N) is 1. The van der Waals surface area contributed by atoms with E-state index in [1.807, 2.05) is 30.3 Å². The summed E-state index contributed by atoms with van der Waals surface area (Å²) in [5, 5.41) is 1.02. The van der Waals surface area contributed by atoms with Gasteiger partial charge in [-0.1, -0.05) is 18.2 Å². The van der Waals surface area contributed by atoms with Crippen LogP contribution in [0.15, 0.2) is 34.7 Å². The van der Waals surface area contributed by atoms with Gasteiger partial charge < -0.3 is 10.2 Å². The molecule has 2 N–H and O–H groups in total. The zero-order chi connectivity index (χ0) is 11.8. The Morgan fingerprint density at radius 1 is 1.12 bits per heavy atom. The number of anilines is 1. The molecular formula is C11H7ClN4O. The summed E-state index contributed by atoms with van der Waals surface area (Å²) in [6, 6.07) is 9.46. The lowest BCUT2D eigenvalue weighted by Gasteiger charge is -1.96. The van der Waals surface area contributed by atoms with Gasteiger partial charge in [0.05, 0.1) is 0 Å². The van der Waals surface area contributed by atoms with E-state index in [-0.39, 0.29) is 11.2 Å². The van der Waals surface area contributed by atoms with Gasteiger partial charge in [0.15, 0.2) is 5.76 Å². The Labute approximate surface area is 101 Å². The first-order valence-electron chi connectivity index (χ1n) is 4.88. The van der Waals surface area contributed by atoms with Crippen molar-refractivity contribution in [2.24, 2.45) is 0 Å². The Kier molecular flexibility index (Phi) is 2.19. The first-order valence-corrected chi connectivity index (χ1v) is 5.26. The molecule has 17 heavy (non-hydrogen) atoms. The smallest absolute Gasteiger partial charge is 0.227 e. The third kappa shape index (κ3) is 1.81. The van der Waals surface area contributed by atoms with Crippen LogP contribution in [0.5, 0.6) is 0 Å². The molecule has 5 nitrogen and oxygen atoms in total. The molecule has 0 aliphatic heterocycles. The molecular weight excluding hydrogens is 240 g/mol. The van der Waals surface area contributed by atoms with Crippen molar-refractivity contribution in [2.75, 3.05) is 5.73 Å². The van der Waals surface area contributed by atoms with Crippen LogP contribution in [0.4, 0.5) is 5.95 Å². The van der Waals surface area contributed by atoms with Crippen LogP contribution in [0.2, 0.25) is 5.28 Å². The van der Waals surface area contributed by atoms with Crippen molar-refractivity contribution in [3.05, 3.63) is 35.6 Å². The van der Waals surface area contributed by atoms with Gasteiger partial charge in [0.2, 0.25) is 17.1 Å². The molecule has 0 aliphatic rings. The Hall–Kier alpha value is -2.14. The Balaban J connectivity index is 2.20. The maximum Gasteiger partial charge on any atom is 0.227 e. The largest absolute Gasteiger partial charge is 0.453 e. The van der Waals surface area contributed by atoms with Gasteiger partial charge in [0.25, 0.3) is 0 Å². The number of para-hydroxylation sites is 1. The molecule has 0 amide bonds. The number of nitrogens with zero attached hydrogens (tertiary/aromatic N) is 3. The fourth-order valence-electron chi connectivity index (χ4n) is 1.57. The average molecular weight is 247 g/mol. The SMILES string of the molecule is Nc1nc(Cl)nc(-c2cc3ccccc3o2)n1. The van der Waals surface area contributed by atoms with Crippen LogP contribution in [-0.4, -0.2) is 15.0 Å². The molecule has 0 fully saturated rings. The first kappa shape index (κ1) is 10.0. The van der Waals surface area contributed by atoms with Gasteiger partial charge in [0, 0.05) is 5.39 Å². The van der Waals surface area contributed by atoms with E-state index in [1.54, 1.807) is 0 Å². The summed E-state index contributed by atoms with van der Waals surface area (Å²) in [6.07, 6.45) is 0. The van der Waals surface area contributed by atoms with Crippen LogP contribution < -0.4 is 5.73 Å². The molecule has 6 heteroatoms. The normalized spacial score (nSPS) is 10.9. The second-order valence-electron chi connectivity index (χ2n) is 3.43. The molecule has 3 rings (SSSR count). The van der Waals surface area contributed by atoms with Crippen LogP contribution in [-0.2, 0) is 0 Å². The average Bonchev–Trinajstić information content (AvgIpc) is 2.71. The summed E-state index contributed by atoms with van der Waals surface area (Å²) in [6.45, 7) is 0. The minimum absolute atomic E-state index is 0.0490. The monoisotopic (exact) mass is 246 g/mol. The van der Waals surface area contributed by atoms with E-state index in [0.717, 1.165) is 11.0 Å². The highest BCUT2D eigenvalue weighted by Crippen LogP contribution is 2.25. The zero-order valence-electron chi connectivity index (χ0n) is 8.59. The highest BCUT2D eigenvalue weighted by Gasteiger charge is 2.10. The van der Waals surface area contributed by atoms with Crippen molar-refractivity contribution >= 4 is 28.5 Å². The number of hydrogen-bond donors (Lipinski definition) is 1.